The lowest BCUT2D eigenvalue weighted by atomic mass is 9.97. The molecule has 1 saturated heterocycles. The van der Waals surface area contributed by atoms with Crippen LogP contribution in [0, 0.1) is 5.92 Å². The molecule has 1 unspecified atom stereocenters. The first kappa shape index (κ1) is 17.0. The number of hydrogen-bond acceptors (Lipinski definition) is 4. The number of amides is 1. The Kier molecular flexibility index (Phi) is 6.43. The average Bonchev–Trinajstić information content (AvgIpc) is 2.59. The summed E-state index contributed by atoms with van der Waals surface area (Å²) in [5, 5.41) is 0.0621. The van der Waals surface area contributed by atoms with E-state index in [2.05, 4.69) is 0 Å². The van der Waals surface area contributed by atoms with E-state index in [1.54, 1.807) is 18.9 Å². The van der Waals surface area contributed by atoms with Gasteiger partial charge in [0.2, 0.25) is 5.91 Å². The minimum absolute atomic E-state index is 0.0621. The number of ether oxygens (including phenoxy) is 2. The Morgan fingerprint density at radius 2 is 1.86 bits per heavy atom. The molecule has 122 valence electrons. The largest absolute Gasteiger partial charge is 0.497 e. The number of likely N-dealkylation sites (tertiary alicyclic amines) is 1. The van der Waals surface area contributed by atoms with Crippen molar-refractivity contribution in [1.82, 2.24) is 4.90 Å². The van der Waals surface area contributed by atoms with Crippen molar-refractivity contribution in [2.24, 2.45) is 5.92 Å². The molecule has 1 heterocycles. The van der Waals surface area contributed by atoms with Crippen molar-refractivity contribution < 1.29 is 14.3 Å². The Morgan fingerprint density at radius 3 is 2.41 bits per heavy atom. The van der Waals surface area contributed by atoms with Gasteiger partial charge in [0.05, 0.1) is 19.0 Å². The molecule has 0 bridgehead atoms. The molecule has 1 aliphatic heterocycles. The van der Waals surface area contributed by atoms with Crippen molar-refractivity contribution >= 4 is 17.7 Å². The van der Waals surface area contributed by atoms with E-state index in [1.165, 1.54) is 0 Å². The summed E-state index contributed by atoms with van der Waals surface area (Å²) in [5.74, 6) is 2.50. The number of piperidine rings is 1. The van der Waals surface area contributed by atoms with Crippen LogP contribution in [0.1, 0.15) is 19.8 Å². The number of hydrogen-bond donors (Lipinski definition) is 0. The van der Waals surface area contributed by atoms with Crippen LogP contribution in [0.3, 0.4) is 0 Å². The number of benzene rings is 1. The highest BCUT2D eigenvalue weighted by Gasteiger charge is 2.25. The van der Waals surface area contributed by atoms with Crippen LogP contribution in [-0.4, -0.2) is 49.1 Å². The van der Waals surface area contributed by atoms with Crippen LogP contribution in [0.15, 0.2) is 24.3 Å². The van der Waals surface area contributed by atoms with Crippen molar-refractivity contribution in [2.75, 3.05) is 33.1 Å². The molecule has 0 aliphatic carbocycles. The molecule has 2 rings (SSSR count). The van der Waals surface area contributed by atoms with E-state index < -0.39 is 0 Å². The van der Waals surface area contributed by atoms with Gasteiger partial charge in [-0.25, -0.2) is 0 Å². The molecular formula is C17H25NO3S. The van der Waals surface area contributed by atoms with E-state index in [9.17, 15) is 4.79 Å². The average molecular weight is 323 g/mol. The summed E-state index contributed by atoms with van der Waals surface area (Å²) < 4.78 is 11.0. The summed E-state index contributed by atoms with van der Waals surface area (Å²) in [4.78, 5) is 14.1. The third-order valence-electron chi connectivity index (χ3n) is 4.17. The lowest BCUT2D eigenvalue weighted by Crippen LogP contribution is -2.43. The highest BCUT2D eigenvalue weighted by molar-refractivity contribution is 7.99. The van der Waals surface area contributed by atoms with Crippen LogP contribution in [0.4, 0.5) is 0 Å². The maximum atomic E-state index is 12.1. The first-order valence-corrected chi connectivity index (χ1v) is 9.01. The van der Waals surface area contributed by atoms with E-state index in [0.29, 0.717) is 12.5 Å². The first-order valence-electron chi connectivity index (χ1n) is 7.72. The fraction of sp³-hybridized carbons (Fsp3) is 0.588. The highest BCUT2D eigenvalue weighted by atomic mass is 32.2. The predicted octanol–water partition coefficient (Wildman–Crippen LogP) is 3.06. The van der Waals surface area contributed by atoms with Gasteiger partial charge in [-0.1, -0.05) is 0 Å². The maximum absolute atomic E-state index is 12.1. The molecule has 22 heavy (non-hydrogen) atoms. The SMILES string of the molecule is COc1ccc(OCC2CCN(C(=O)C(C)SC)CC2)cc1. The van der Waals surface area contributed by atoms with Gasteiger partial charge in [0.15, 0.2) is 0 Å². The van der Waals surface area contributed by atoms with E-state index in [1.807, 2.05) is 42.3 Å². The number of rotatable bonds is 6. The zero-order valence-corrected chi connectivity index (χ0v) is 14.4. The van der Waals surface area contributed by atoms with Crippen molar-refractivity contribution in [3.05, 3.63) is 24.3 Å². The van der Waals surface area contributed by atoms with Crippen LogP contribution in [0.2, 0.25) is 0 Å². The van der Waals surface area contributed by atoms with Gasteiger partial charge in [-0.3, -0.25) is 4.79 Å². The zero-order valence-electron chi connectivity index (χ0n) is 13.6. The molecule has 0 aromatic heterocycles. The van der Waals surface area contributed by atoms with Crippen molar-refractivity contribution in [3.8, 4) is 11.5 Å². The molecule has 1 aliphatic rings. The summed E-state index contributed by atoms with van der Waals surface area (Å²) in [6, 6.07) is 7.66. The molecule has 0 spiro atoms. The second kappa shape index (κ2) is 8.32. The molecule has 0 N–H and O–H groups in total. The van der Waals surface area contributed by atoms with E-state index >= 15 is 0 Å². The monoisotopic (exact) mass is 323 g/mol. The molecule has 1 aromatic rings. The Morgan fingerprint density at radius 1 is 1.27 bits per heavy atom. The number of thioether (sulfide) groups is 1. The third kappa shape index (κ3) is 4.57. The molecule has 1 amide bonds. The van der Waals surface area contributed by atoms with Gasteiger partial charge in [0, 0.05) is 13.1 Å². The quantitative estimate of drug-likeness (QED) is 0.806. The Balaban J connectivity index is 1.74. The molecule has 0 radical (unpaired) electrons. The Hall–Kier alpha value is -1.36. The van der Waals surface area contributed by atoms with Crippen LogP contribution in [0.5, 0.6) is 11.5 Å². The fourth-order valence-corrected chi connectivity index (χ4v) is 2.91. The number of nitrogens with zero attached hydrogens (tertiary/aromatic N) is 1. The number of methoxy groups -OCH3 is 1. The second-order valence-corrected chi connectivity index (χ2v) is 6.81. The molecular weight excluding hydrogens is 298 g/mol. The standard InChI is InChI=1S/C17H25NO3S/c1-13(22-3)17(19)18-10-8-14(9-11-18)12-21-16-6-4-15(20-2)5-7-16/h4-7,13-14H,8-12H2,1-3H3. The highest BCUT2D eigenvalue weighted by Crippen LogP contribution is 2.22. The summed E-state index contributed by atoms with van der Waals surface area (Å²) in [6.07, 6.45) is 4.02. The minimum Gasteiger partial charge on any atom is -0.497 e. The van der Waals surface area contributed by atoms with Gasteiger partial charge in [0.25, 0.3) is 0 Å². The van der Waals surface area contributed by atoms with Crippen LogP contribution in [-0.2, 0) is 4.79 Å². The Bertz CT molecular complexity index is 469. The normalized spacial score (nSPS) is 17.1. The zero-order chi connectivity index (χ0) is 15.9. The number of carbonyl (C=O) groups is 1. The van der Waals surface area contributed by atoms with Gasteiger partial charge in [-0.05, 0) is 56.2 Å². The van der Waals surface area contributed by atoms with E-state index in [0.717, 1.165) is 37.4 Å². The molecule has 1 atom stereocenters. The van der Waals surface area contributed by atoms with Crippen molar-refractivity contribution in [2.45, 2.75) is 25.0 Å². The smallest absolute Gasteiger partial charge is 0.235 e. The number of carbonyl (C=O) groups excluding carboxylic acids is 1. The topological polar surface area (TPSA) is 38.8 Å². The van der Waals surface area contributed by atoms with Crippen LogP contribution < -0.4 is 9.47 Å². The lowest BCUT2D eigenvalue weighted by molar-refractivity contribution is -0.131. The lowest BCUT2D eigenvalue weighted by Gasteiger charge is -2.33. The summed E-state index contributed by atoms with van der Waals surface area (Å²) >= 11 is 1.61. The first-order chi connectivity index (χ1) is 10.6. The van der Waals surface area contributed by atoms with Crippen LogP contribution >= 0.6 is 11.8 Å². The van der Waals surface area contributed by atoms with E-state index in [-0.39, 0.29) is 11.2 Å². The van der Waals surface area contributed by atoms with Gasteiger partial charge in [-0.15, -0.1) is 0 Å². The molecule has 5 heteroatoms. The summed E-state index contributed by atoms with van der Waals surface area (Å²) in [7, 11) is 1.66. The van der Waals surface area contributed by atoms with Gasteiger partial charge >= 0.3 is 0 Å². The van der Waals surface area contributed by atoms with Crippen molar-refractivity contribution in [1.29, 1.82) is 0 Å². The summed E-state index contributed by atoms with van der Waals surface area (Å²) in [6.45, 7) is 4.39. The van der Waals surface area contributed by atoms with Gasteiger partial charge in [0.1, 0.15) is 11.5 Å². The minimum atomic E-state index is 0.0621. The van der Waals surface area contributed by atoms with E-state index in [4.69, 9.17) is 9.47 Å². The fourth-order valence-electron chi connectivity index (χ4n) is 2.56. The van der Waals surface area contributed by atoms with Crippen molar-refractivity contribution in [3.63, 3.8) is 0 Å². The van der Waals surface area contributed by atoms with Crippen LogP contribution in [0.25, 0.3) is 0 Å². The molecule has 0 saturated carbocycles. The predicted molar refractivity (Wildman–Crippen MR) is 90.8 cm³/mol. The molecule has 1 aromatic carbocycles. The molecule has 4 nitrogen and oxygen atoms in total. The third-order valence-corrected chi connectivity index (χ3v) is 5.08. The van der Waals surface area contributed by atoms with Gasteiger partial charge in [-0.2, -0.15) is 11.8 Å². The maximum Gasteiger partial charge on any atom is 0.235 e. The second-order valence-electron chi connectivity index (χ2n) is 5.63. The van der Waals surface area contributed by atoms with Gasteiger partial charge < -0.3 is 14.4 Å². The Labute approximate surface area is 137 Å². The summed E-state index contributed by atoms with van der Waals surface area (Å²) in [5.41, 5.74) is 0. The molecule has 1 fully saturated rings.